The number of nitrogens with zero attached hydrogens (tertiary/aromatic N) is 2. The third-order valence-corrected chi connectivity index (χ3v) is 4.96. The topological polar surface area (TPSA) is 49.9 Å². The largest absolute Gasteiger partial charge is 0.444 e. The van der Waals surface area contributed by atoms with Gasteiger partial charge in [0.1, 0.15) is 5.60 Å². The zero-order chi connectivity index (χ0) is 19.5. The normalized spacial score (nSPS) is 17.8. The summed E-state index contributed by atoms with van der Waals surface area (Å²) in [5.41, 5.74) is 0.178. The van der Waals surface area contributed by atoms with E-state index >= 15 is 0 Å². The molecule has 144 valence electrons. The Morgan fingerprint density at radius 2 is 1.88 bits per heavy atom. The molecule has 0 spiro atoms. The van der Waals surface area contributed by atoms with Crippen LogP contribution in [0, 0.1) is 5.92 Å². The first-order chi connectivity index (χ1) is 12.1. The summed E-state index contributed by atoms with van der Waals surface area (Å²) in [6.07, 6.45) is 1.15. The molecular weight excluding hydrogens is 375 g/mol. The van der Waals surface area contributed by atoms with E-state index in [0.29, 0.717) is 29.7 Å². The molecule has 0 bridgehead atoms. The van der Waals surface area contributed by atoms with Gasteiger partial charge < -0.3 is 14.5 Å². The standard InChI is InChI=1S/C19H26Cl2N2O3/c1-19(2,3)26-18(25)23-10-6-7-13(11-23)17(24)22(4)12-14-15(20)8-5-9-16(14)21/h5,8-9,13H,6-7,10-12H2,1-4H3. The van der Waals surface area contributed by atoms with Crippen molar-refractivity contribution in [3.05, 3.63) is 33.8 Å². The molecule has 0 saturated carbocycles. The maximum atomic E-state index is 12.8. The molecule has 1 fully saturated rings. The zero-order valence-electron chi connectivity index (χ0n) is 15.7. The van der Waals surface area contributed by atoms with Crippen LogP contribution in [0.1, 0.15) is 39.2 Å². The number of rotatable bonds is 3. The Morgan fingerprint density at radius 1 is 1.27 bits per heavy atom. The summed E-state index contributed by atoms with van der Waals surface area (Å²) in [6.45, 7) is 6.81. The molecule has 5 nitrogen and oxygen atoms in total. The van der Waals surface area contributed by atoms with Crippen molar-refractivity contribution in [3.8, 4) is 0 Å². The van der Waals surface area contributed by atoms with Gasteiger partial charge in [0.2, 0.25) is 5.91 Å². The van der Waals surface area contributed by atoms with E-state index in [-0.39, 0.29) is 17.9 Å². The van der Waals surface area contributed by atoms with Crippen molar-refractivity contribution in [1.82, 2.24) is 9.80 Å². The van der Waals surface area contributed by atoms with Crippen molar-refractivity contribution in [2.24, 2.45) is 5.92 Å². The van der Waals surface area contributed by atoms with Gasteiger partial charge in [-0.1, -0.05) is 29.3 Å². The van der Waals surface area contributed by atoms with Crippen LogP contribution in [0.15, 0.2) is 18.2 Å². The Labute approximate surface area is 165 Å². The van der Waals surface area contributed by atoms with Crippen LogP contribution >= 0.6 is 23.2 Å². The molecule has 2 rings (SSSR count). The van der Waals surface area contributed by atoms with Gasteiger partial charge in [-0.3, -0.25) is 4.79 Å². The van der Waals surface area contributed by atoms with Crippen molar-refractivity contribution >= 4 is 35.2 Å². The molecular formula is C19H26Cl2N2O3. The van der Waals surface area contributed by atoms with Crippen LogP contribution in [0.25, 0.3) is 0 Å². The highest BCUT2D eigenvalue weighted by molar-refractivity contribution is 6.36. The van der Waals surface area contributed by atoms with E-state index in [4.69, 9.17) is 27.9 Å². The van der Waals surface area contributed by atoms with E-state index < -0.39 is 5.60 Å². The van der Waals surface area contributed by atoms with Crippen LogP contribution in [0.4, 0.5) is 4.79 Å². The summed E-state index contributed by atoms with van der Waals surface area (Å²) in [4.78, 5) is 28.4. The Morgan fingerprint density at radius 3 is 2.46 bits per heavy atom. The molecule has 1 unspecified atom stereocenters. The Hall–Kier alpha value is -1.46. The minimum absolute atomic E-state index is 0.0192. The Bertz CT molecular complexity index is 653. The van der Waals surface area contributed by atoms with Gasteiger partial charge in [-0.05, 0) is 45.7 Å². The quantitative estimate of drug-likeness (QED) is 0.744. The molecule has 0 aliphatic carbocycles. The molecule has 7 heteroatoms. The lowest BCUT2D eigenvalue weighted by Crippen LogP contribution is -2.47. The third-order valence-electron chi connectivity index (χ3n) is 4.26. The number of benzene rings is 1. The van der Waals surface area contributed by atoms with Crippen LogP contribution in [0.5, 0.6) is 0 Å². The summed E-state index contributed by atoms with van der Waals surface area (Å²) in [7, 11) is 1.73. The number of likely N-dealkylation sites (tertiary alicyclic amines) is 1. The van der Waals surface area contributed by atoms with Crippen LogP contribution in [-0.2, 0) is 16.1 Å². The number of carbonyl (C=O) groups is 2. The van der Waals surface area contributed by atoms with Crippen LogP contribution < -0.4 is 0 Å². The highest BCUT2D eigenvalue weighted by atomic mass is 35.5. The smallest absolute Gasteiger partial charge is 0.410 e. The number of hydrogen-bond donors (Lipinski definition) is 0. The minimum atomic E-state index is -0.550. The molecule has 0 N–H and O–H groups in total. The lowest BCUT2D eigenvalue weighted by Gasteiger charge is -2.35. The molecule has 0 radical (unpaired) electrons. The predicted molar refractivity (Wildman–Crippen MR) is 103 cm³/mol. The van der Waals surface area contributed by atoms with Crippen LogP contribution in [0.2, 0.25) is 10.0 Å². The molecule has 1 heterocycles. The van der Waals surface area contributed by atoms with E-state index in [0.717, 1.165) is 18.4 Å². The van der Waals surface area contributed by atoms with Crippen LogP contribution in [-0.4, -0.2) is 47.5 Å². The number of ether oxygens (including phenoxy) is 1. The fourth-order valence-electron chi connectivity index (χ4n) is 2.98. The molecule has 1 aromatic rings. The van der Waals surface area contributed by atoms with Crippen molar-refractivity contribution in [3.63, 3.8) is 0 Å². The number of amides is 2. The summed E-state index contributed by atoms with van der Waals surface area (Å²) >= 11 is 12.4. The first-order valence-corrected chi connectivity index (χ1v) is 9.50. The van der Waals surface area contributed by atoms with Crippen LogP contribution in [0.3, 0.4) is 0 Å². The average molecular weight is 401 g/mol. The second kappa shape index (κ2) is 8.49. The minimum Gasteiger partial charge on any atom is -0.444 e. The van der Waals surface area contributed by atoms with Crippen molar-refractivity contribution < 1.29 is 14.3 Å². The molecule has 1 atom stereocenters. The maximum Gasteiger partial charge on any atom is 0.410 e. The van der Waals surface area contributed by atoms with Crippen molar-refractivity contribution in [2.45, 2.75) is 45.8 Å². The fourth-order valence-corrected chi connectivity index (χ4v) is 3.50. The van der Waals surface area contributed by atoms with E-state index in [9.17, 15) is 9.59 Å². The van der Waals surface area contributed by atoms with E-state index in [1.54, 1.807) is 35.0 Å². The van der Waals surface area contributed by atoms with Gasteiger partial charge in [0.15, 0.2) is 0 Å². The molecule has 26 heavy (non-hydrogen) atoms. The monoisotopic (exact) mass is 400 g/mol. The molecule has 1 aliphatic rings. The summed E-state index contributed by atoms with van der Waals surface area (Å²) in [6, 6.07) is 5.29. The Kier molecular flexibility index (Phi) is 6.80. The predicted octanol–water partition coefficient (Wildman–Crippen LogP) is 4.60. The van der Waals surface area contributed by atoms with E-state index in [1.165, 1.54) is 0 Å². The summed E-state index contributed by atoms with van der Waals surface area (Å²) in [5.74, 6) is -0.267. The molecule has 2 amide bonds. The highest BCUT2D eigenvalue weighted by Crippen LogP contribution is 2.27. The van der Waals surface area contributed by atoms with E-state index in [1.807, 2.05) is 20.8 Å². The number of hydrogen-bond acceptors (Lipinski definition) is 3. The maximum absolute atomic E-state index is 12.8. The van der Waals surface area contributed by atoms with Gasteiger partial charge in [0.05, 0.1) is 5.92 Å². The zero-order valence-corrected chi connectivity index (χ0v) is 17.2. The lowest BCUT2D eigenvalue weighted by molar-refractivity contribution is -0.136. The van der Waals surface area contributed by atoms with Gasteiger partial charge in [0.25, 0.3) is 0 Å². The first-order valence-electron chi connectivity index (χ1n) is 8.74. The number of piperidine rings is 1. The molecule has 1 aromatic carbocycles. The third kappa shape index (κ3) is 5.52. The van der Waals surface area contributed by atoms with Crippen molar-refractivity contribution in [2.75, 3.05) is 20.1 Å². The number of halogens is 2. The summed E-state index contributed by atoms with van der Waals surface area (Å²) < 4.78 is 5.42. The fraction of sp³-hybridized carbons (Fsp3) is 0.579. The number of carbonyl (C=O) groups excluding carboxylic acids is 2. The average Bonchev–Trinajstić information content (AvgIpc) is 2.56. The lowest BCUT2D eigenvalue weighted by atomic mass is 9.96. The SMILES string of the molecule is CN(Cc1c(Cl)cccc1Cl)C(=O)C1CCCN(C(=O)OC(C)(C)C)C1. The van der Waals surface area contributed by atoms with Gasteiger partial charge in [-0.25, -0.2) is 4.79 Å². The van der Waals surface area contributed by atoms with E-state index in [2.05, 4.69) is 0 Å². The van der Waals surface area contributed by atoms with Gasteiger partial charge in [-0.2, -0.15) is 0 Å². The highest BCUT2D eigenvalue weighted by Gasteiger charge is 2.32. The first kappa shape index (κ1) is 20.8. The Balaban J connectivity index is 2.01. The second-order valence-corrected chi connectivity index (χ2v) is 8.47. The second-order valence-electron chi connectivity index (χ2n) is 7.66. The molecule has 0 aromatic heterocycles. The van der Waals surface area contributed by atoms with Gasteiger partial charge >= 0.3 is 6.09 Å². The van der Waals surface area contributed by atoms with Gasteiger partial charge in [-0.15, -0.1) is 0 Å². The molecule has 1 saturated heterocycles. The molecule has 1 aliphatic heterocycles. The van der Waals surface area contributed by atoms with Crippen molar-refractivity contribution in [1.29, 1.82) is 0 Å². The summed E-state index contributed by atoms with van der Waals surface area (Å²) in [5, 5.41) is 1.08. The van der Waals surface area contributed by atoms with Gasteiger partial charge in [0, 0.05) is 42.3 Å².